The number of sulfonamides is 1. The summed E-state index contributed by atoms with van der Waals surface area (Å²) in [5, 5.41) is 3.69. The average molecular weight is 295 g/mol. The Morgan fingerprint density at radius 1 is 1.35 bits per heavy atom. The van der Waals surface area contributed by atoms with Gasteiger partial charge in [0.25, 0.3) is 0 Å². The molecule has 2 rings (SSSR count). The zero-order valence-corrected chi connectivity index (χ0v) is 12.4. The molecule has 6 nitrogen and oxygen atoms in total. The summed E-state index contributed by atoms with van der Waals surface area (Å²) < 4.78 is 31.2. The normalized spacial score (nSPS) is 12.0. The first kappa shape index (κ1) is 14.5. The van der Waals surface area contributed by atoms with E-state index in [0.29, 0.717) is 17.1 Å². The lowest BCUT2D eigenvalue weighted by atomic mass is 10.2. The van der Waals surface area contributed by atoms with Crippen LogP contribution in [0, 0.1) is 13.8 Å². The topological polar surface area (TPSA) is 89.4 Å². The first-order valence-corrected chi connectivity index (χ1v) is 7.50. The third-order valence-corrected chi connectivity index (χ3v) is 5.04. The highest BCUT2D eigenvalue weighted by molar-refractivity contribution is 7.89. The summed E-state index contributed by atoms with van der Waals surface area (Å²) in [5.74, 6) is 0.293. The van der Waals surface area contributed by atoms with Gasteiger partial charge in [-0.15, -0.1) is 0 Å². The number of aryl methyl sites for hydroxylation is 2. The van der Waals surface area contributed by atoms with Gasteiger partial charge in [-0.3, -0.25) is 0 Å². The lowest BCUT2D eigenvalue weighted by Crippen LogP contribution is -2.27. The number of nitrogens with zero attached hydrogens (tertiary/aromatic N) is 2. The van der Waals surface area contributed by atoms with Crippen molar-refractivity contribution in [2.45, 2.75) is 25.3 Å². The first-order valence-electron chi connectivity index (χ1n) is 6.06. The van der Waals surface area contributed by atoms with E-state index in [1.807, 2.05) is 6.07 Å². The molecular weight excluding hydrogens is 278 g/mol. The fourth-order valence-electron chi connectivity index (χ4n) is 2.03. The standard InChI is InChI=1S/C13H17N3O3S/c1-9-13(10(2)19-15-9)20(17,18)16(3)8-11-5-4-6-12(14)7-11/h4-7H,8,14H2,1-3H3. The Balaban J connectivity index is 2.31. The lowest BCUT2D eigenvalue weighted by Gasteiger charge is -2.17. The third-order valence-electron chi connectivity index (χ3n) is 2.99. The number of anilines is 1. The molecule has 7 heteroatoms. The van der Waals surface area contributed by atoms with Crippen molar-refractivity contribution in [3.05, 3.63) is 41.3 Å². The molecule has 20 heavy (non-hydrogen) atoms. The number of hydrogen-bond donors (Lipinski definition) is 1. The minimum absolute atomic E-state index is 0.129. The van der Waals surface area contributed by atoms with E-state index in [4.69, 9.17) is 10.3 Å². The van der Waals surface area contributed by atoms with E-state index in [0.717, 1.165) is 5.56 Å². The number of nitrogen functional groups attached to an aromatic ring is 1. The van der Waals surface area contributed by atoms with E-state index in [9.17, 15) is 8.42 Å². The maximum atomic E-state index is 12.5. The van der Waals surface area contributed by atoms with Crippen molar-refractivity contribution < 1.29 is 12.9 Å². The molecule has 0 amide bonds. The van der Waals surface area contributed by atoms with Crippen LogP contribution in [0.5, 0.6) is 0 Å². The average Bonchev–Trinajstić information content (AvgIpc) is 2.69. The molecule has 0 unspecified atom stereocenters. The van der Waals surface area contributed by atoms with Gasteiger partial charge in [-0.1, -0.05) is 17.3 Å². The van der Waals surface area contributed by atoms with Crippen molar-refractivity contribution in [2.24, 2.45) is 0 Å². The molecule has 1 aromatic carbocycles. The number of nitrogens with two attached hydrogens (primary N) is 1. The lowest BCUT2D eigenvalue weighted by molar-refractivity contribution is 0.389. The van der Waals surface area contributed by atoms with Crippen molar-refractivity contribution in [1.82, 2.24) is 9.46 Å². The molecule has 0 atom stereocenters. The van der Waals surface area contributed by atoms with E-state index in [-0.39, 0.29) is 11.4 Å². The van der Waals surface area contributed by atoms with Gasteiger partial charge in [-0.05, 0) is 31.5 Å². The molecule has 0 aliphatic heterocycles. The summed E-state index contributed by atoms with van der Waals surface area (Å²) in [6.45, 7) is 3.43. The fraction of sp³-hybridized carbons (Fsp3) is 0.308. The van der Waals surface area contributed by atoms with Crippen molar-refractivity contribution in [2.75, 3.05) is 12.8 Å². The number of aromatic nitrogens is 1. The van der Waals surface area contributed by atoms with Gasteiger partial charge in [-0.25, -0.2) is 8.42 Å². The zero-order chi connectivity index (χ0) is 14.9. The molecule has 1 heterocycles. The summed E-state index contributed by atoms with van der Waals surface area (Å²) in [6, 6.07) is 7.13. The smallest absolute Gasteiger partial charge is 0.248 e. The molecule has 0 radical (unpaired) electrons. The monoisotopic (exact) mass is 295 g/mol. The Bertz CT molecular complexity index is 703. The summed E-state index contributed by atoms with van der Waals surface area (Å²) in [6.07, 6.45) is 0. The molecule has 2 aromatic rings. The molecule has 0 bridgehead atoms. The SMILES string of the molecule is Cc1noc(C)c1S(=O)(=O)N(C)Cc1cccc(N)c1. The highest BCUT2D eigenvalue weighted by Gasteiger charge is 2.28. The van der Waals surface area contributed by atoms with E-state index >= 15 is 0 Å². The largest absolute Gasteiger partial charge is 0.399 e. The maximum Gasteiger partial charge on any atom is 0.248 e. The van der Waals surface area contributed by atoms with Crippen LogP contribution in [0.25, 0.3) is 0 Å². The molecule has 0 aliphatic carbocycles. The van der Waals surface area contributed by atoms with Crippen LogP contribution in [-0.2, 0) is 16.6 Å². The van der Waals surface area contributed by atoms with Crippen LogP contribution in [0.2, 0.25) is 0 Å². The zero-order valence-electron chi connectivity index (χ0n) is 11.6. The summed E-state index contributed by atoms with van der Waals surface area (Å²) in [7, 11) is -2.11. The van der Waals surface area contributed by atoms with Gasteiger partial charge in [0.2, 0.25) is 10.0 Å². The number of benzene rings is 1. The molecule has 0 saturated heterocycles. The van der Waals surface area contributed by atoms with E-state index in [2.05, 4.69) is 5.16 Å². The molecular formula is C13H17N3O3S. The predicted molar refractivity (Wildman–Crippen MR) is 75.5 cm³/mol. The number of hydrogen-bond acceptors (Lipinski definition) is 5. The van der Waals surface area contributed by atoms with Crippen LogP contribution in [0.15, 0.2) is 33.7 Å². The van der Waals surface area contributed by atoms with Crippen molar-refractivity contribution in [3.8, 4) is 0 Å². The van der Waals surface area contributed by atoms with Crippen LogP contribution >= 0.6 is 0 Å². The van der Waals surface area contributed by atoms with E-state index in [1.165, 1.54) is 11.4 Å². The van der Waals surface area contributed by atoms with Crippen LogP contribution < -0.4 is 5.73 Å². The van der Waals surface area contributed by atoms with Gasteiger partial charge in [0.05, 0.1) is 0 Å². The Labute approximate surface area is 118 Å². The van der Waals surface area contributed by atoms with Crippen molar-refractivity contribution in [1.29, 1.82) is 0 Å². The maximum absolute atomic E-state index is 12.5. The summed E-state index contributed by atoms with van der Waals surface area (Å²) >= 11 is 0. The molecule has 108 valence electrons. The highest BCUT2D eigenvalue weighted by atomic mass is 32.2. The van der Waals surface area contributed by atoms with Crippen LogP contribution in [0.3, 0.4) is 0 Å². The minimum atomic E-state index is -3.63. The molecule has 0 fully saturated rings. The first-order chi connectivity index (χ1) is 9.32. The number of rotatable bonds is 4. The molecule has 0 saturated carbocycles. The highest BCUT2D eigenvalue weighted by Crippen LogP contribution is 2.23. The summed E-state index contributed by atoms with van der Waals surface area (Å²) in [4.78, 5) is 0.129. The van der Waals surface area contributed by atoms with Gasteiger partial charge in [0, 0.05) is 19.3 Å². The molecule has 0 spiro atoms. The Morgan fingerprint density at radius 2 is 2.05 bits per heavy atom. The predicted octanol–water partition coefficient (Wildman–Crippen LogP) is 1.69. The van der Waals surface area contributed by atoms with E-state index in [1.54, 1.807) is 32.0 Å². The van der Waals surface area contributed by atoms with Crippen LogP contribution in [0.1, 0.15) is 17.0 Å². The van der Waals surface area contributed by atoms with Gasteiger partial charge < -0.3 is 10.3 Å². The Kier molecular flexibility index (Phi) is 3.82. The van der Waals surface area contributed by atoms with Crippen molar-refractivity contribution >= 4 is 15.7 Å². The summed E-state index contributed by atoms with van der Waals surface area (Å²) in [5.41, 5.74) is 7.48. The van der Waals surface area contributed by atoms with Gasteiger partial charge in [0.15, 0.2) is 5.76 Å². The van der Waals surface area contributed by atoms with Crippen LogP contribution in [0.4, 0.5) is 5.69 Å². The molecule has 1 aromatic heterocycles. The Hall–Kier alpha value is -1.86. The minimum Gasteiger partial charge on any atom is -0.399 e. The molecule has 2 N–H and O–H groups in total. The third kappa shape index (κ3) is 2.68. The van der Waals surface area contributed by atoms with Gasteiger partial charge >= 0.3 is 0 Å². The molecule has 0 aliphatic rings. The van der Waals surface area contributed by atoms with Gasteiger partial charge in [0.1, 0.15) is 10.6 Å². The second kappa shape index (κ2) is 5.26. The second-order valence-electron chi connectivity index (χ2n) is 4.66. The Morgan fingerprint density at radius 3 is 2.60 bits per heavy atom. The fourth-order valence-corrected chi connectivity index (χ4v) is 3.47. The van der Waals surface area contributed by atoms with Crippen LogP contribution in [-0.4, -0.2) is 24.9 Å². The second-order valence-corrected chi connectivity index (χ2v) is 6.64. The van der Waals surface area contributed by atoms with Gasteiger partial charge in [-0.2, -0.15) is 4.31 Å². The van der Waals surface area contributed by atoms with E-state index < -0.39 is 10.0 Å². The van der Waals surface area contributed by atoms with Crippen molar-refractivity contribution in [3.63, 3.8) is 0 Å². The quantitative estimate of drug-likeness (QED) is 0.867.